The number of rotatable bonds is 6. The van der Waals surface area contributed by atoms with Gasteiger partial charge in [-0.1, -0.05) is 49.8 Å². The van der Waals surface area contributed by atoms with Gasteiger partial charge in [-0.3, -0.25) is 4.79 Å². The monoisotopic (exact) mass is 328 g/mol. The van der Waals surface area contributed by atoms with Gasteiger partial charge in [-0.05, 0) is 25.2 Å². The molecule has 0 spiro atoms. The standard InChI is InChI=1S/C14H24N4OS2/c1-4-15-13-17-18-14(21-13)20-8-12(19)16-11-7-5-6-9(2)10(11)3/h9-11H,4-8H2,1-3H3,(H,15,17)(H,16,19). The van der Waals surface area contributed by atoms with Crippen LogP contribution in [0.2, 0.25) is 0 Å². The predicted octanol–water partition coefficient (Wildman–Crippen LogP) is 3.00. The van der Waals surface area contributed by atoms with Gasteiger partial charge >= 0.3 is 0 Å². The summed E-state index contributed by atoms with van der Waals surface area (Å²) in [7, 11) is 0. The Hall–Kier alpha value is -0.820. The molecule has 1 saturated carbocycles. The van der Waals surface area contributed by atoms with E-state index in [-0.39, 0.29) is 5.91 Å². The van der Waals surface area contributed by atoms with Crippen molar-refractivity contribution < 1.29 is 4.79 Å². The summed E-state index contributed by atoms with van der Waals surface area (Å²) < 4.78 is 0.839. The molecule has 1 aliphatic rings. The Kier molecular flexibility index (Phi) is 6.29. The number of aromatic nitrogens is 2. The highest BCUT2D eigenvalue weighted by atomic mass is 32.2. The van der Waals surface area contributed by atoms with Crippen LogP contribution >= 0.6 is 23.1 Å². The highest BCUT2D eigenvalue weighted by Gasteiger charge is 2.28. The highest BCUT2D eigenvalue weighted by Crippen LogP contribution is 2.30. The molecule has 0 aliphatic heterocycles. The molecule has 7 heteroatoms. The highest BCUT2D eigenvalue weighted by molar-refractivity contribution is 8.01. The van der Waals surface area contributed by atoms with E-state index in [4.69, 9.17) is 0 Å². The molecule has 2 N–H and O–H groups in total. The lowest BCUT2D eigenvalue weighted by Gasteiger charge is -2.34. The Labute approximate surface area is 134 Å². The van der Waals surface area contributed by atoms with Gasteiger partial charge in [0.05, 0.1) is 5.75 Å². The smallest absolute Gasteiger partial charge is 0.230 e. The van der Waals surface area contributed by atoms with Crippen molar-refractivity contribution in [1.29, 1.82) is 0 Å². The zero-order valence-electron chi connectivity index (χ0n) is 12.9. The van der Waals surface area contributed by atoms with Crippen LogP contribution in [-0.2, 0) is 4.79 Å². The molecule has 1 aromatic heterocycles. The summed E-state index contributed by atoms with van der Waals surface area (Å²) in [6.07, 6.45) is 3.59. The van der Waals surface area contributed by atoms with Crippen LogP contribution in [-0.4, -0.2) is 34.4 Å². The fourth-order valence-electron chi connectivity index (χ4n) is 2.65. The molecular formula is C14H24N4OS2. The van der Waals surface area contributed by atoms with Gasteiger partial charge in [0, 0.05) is 12.6 Å². The first-order valence-electron chi connectivity index (χ1n) is 7.59. The van der Waals surface area contributed by atoms with Gasteiger partial charge in [0.25, 0.3) is 0 Å². The minimum absolute atomic E-state index is 0.103. The van der Waals surface area contributed by atoms with E-state index in [0.717, 1.165) is 22.4 Å². The van der Waals surface area contributed by atoms with Crippen LogP contribution in [0.3, 0.4) is 0 Å². The molecule has 0 radical (unpaired) electrons. The van der Waals surface area contributed by atoms with Gasteiger partial charge in [-0.2, -0.15) is 0 Å². The molecule has 1 aliphatic carbocycles. The number of anilines is 1. The average Bonchev–Trinajstić information content (AvgIpc) is 2.90. The molecule has 3 atom stereocenters. The topological polar surface area (TPSA) is 66.9 Å². The zero-order valence-corrected chi connectivity index (χ0v) is 14.5. The van der Waals surface area contributed by atoms with Crippen LogP contribution in [0.4, 0.5) is 5.13 Å². The van der Waals surface area contributed by atoms with Crippen LogP contribution in [0.1, 0.15) is 40.0 Å². The molecule has 0 aromatic carbocycles. The lowest BCUT2D eigenvalue weighted by atomic mass is 9.78. The van der Waals surface area contributed by atoms with E-state index < -0.39 is 0 Å². The van der Waals surface area contributed by atoms with E-state index in [2.05, 4.69) is 34.7 Å². The number of carbonyl (C=O) groups excluding carboxylic acids is 1. The van der Waals surface area contributed by atoms with E-state index in [9.17, 15) is 4.79 Å². The predicted molar refractivity (Wildman–Crippen MR) is 88.9 cm³/mol. The van der Waals surface area contributed by atoms with E-state index in [0.29, 0.717) is 23.6 Å². The number of carbonyl (C=O) groups is 1. The maximum Gasteiger partial charge on any atom is 0.230 e. The summed E-state index contributed by atoms with van der Waals surface area (Å²) in [6.45, 7) is 7.38. The molecule has 1 amide bonds. The van der Waals surface area contributed by atoms with Crippen molar-refractivity contribution in [3.05, 3.63) is 0 Å². The number of hydrogen-bond donors (Lipinski definition) is 2. The molecule has 1 fully saturated rings. The van der Waals surface area contributed by atoms with Crippen molar-refractivity contribution in [1.82, 2.24) is 15.5 Å². The second-order valence-electron chi connectivity index (χ2n) is 5.63. The normalized spacial score (nSPS) is 25.6. The fraction of sp³-hybridized carbons (Fsp3) is 0.786. The van der Waals surface area contributed by atoms with Gasteiger partial charge in [-0.15, -0.1) is 10.2 Å². The molecule has 1 heterocycles. The lowest BCUT2D eigenvalue weighted by Crippen LogP contribution is -2.44. The molecule has 1 aromatic rings. The molecule has 2 rings (SSSR count). The minimum Gasteiger partial charge on any atom is -0.360 e. The Morgan fingerprint density at radius 2 is 2.19 bits per heavy atom. The third-order valence-corrected chi connectivity index (χ3v) is 6.13. The van der Waals surface area contributed by atoms with Gasteiger partial charge < -0.3 is 10.6 Å². The summed E-state index contributed by atoms with van der Waals surface area (Å²) in [5, 5.41) is 15.2. The van der Waals surface area contributed by atoms with Crippen LogP contribution in [0.25, 0.3) is 0 Å². The van der Waals surface area contributed by atoms with Crippen molar-refractivity contribution in [3.8, 4) is 0 Å². The first-order valence-corrected chi connectivity index (χ1v) is 9.40. The number of hydrogen-bond acceptors (Lipinski definition) is 6. The van der Waals surface area contributed by atoms with Crippen molar-refractivity contribution in [2.75, 3.05) is 17.6 Å². The van der Waals surface area contributed by atoms with Gasteiger partial charge in [0.15, 0.2) is 4.34 Å². The van der Waals surface area contributed by atoms with Crippen LogP contribution in [0.15, 0.2) is 4.34 Å². The summed E-state index contributed by atoms with van der Waals surface area (Å²) in [5.74, 6) is 1.78. The van der Waals surface area contributed by atoms with Crippen molar-refractivity contribution in [2.24, 2.45) is 11.8 Å². The van der Waals surface area contributed by atoms with Crippen LogP contribution < -0.4 is 10.6 Å². The summed E-state index contributed by atoms with van der Waals surface area (Å²) in [6, 6.07) is 0.327. The van der Waals surface area contributed by atoms with Crippen LogP contribution in [0, 0.1) is 11.8 Å². The first kappa shape index (κ1) is 16.5. The molecule has 0 saturated heterocycles. The Balaban J connectivity index is 1.76. The number of amides is 1. The lowest BCUT2D eigenvalue weighted by molar-refractivity contribution is -0.119. The zero-order chi connectivity index (χ0) is 15.2. The van der Waals surface area contributed by atoms with Crippen molar-refractivity contribution >= 4 is 34.1 Å². The van der Waals surface area contributed by atoms with Gasteiger partial charge in [0.2, 0.25) is 11.0 Å². The van der Waals surface area contributed by atoms with Crippen LogP contribution in [0.5, 0.6) is 0 Å². The minimum atomic E-state index is 0.103. The molecule has 3 unspecified atom stereocenters. The van der Waals surface area contributed by atoms with E-state index in [1.54, 1.807) is 0 Å². The molecule has 5 nitrogen and oxygen atoms in total. The quantitative estimate of drug-likeness (QED) is 0.786. The first-order chi connectivity index (χ1) is 10.1. The second-order valence-corrected chi connectivity index (χ2v) is 7.83. The summed E-state index contributed by atoms with van der Waals surface area (Å²) >= 11 is 2.95. The maximum absolute atomic E-state index is 12.1. The Morgan fingerprint density at radius 3 is 2.95 bits per heavy atom. The van der Waals surface area contributed by atoms with E-state index in [1.165, 1.54) is 35.9 Å². The molecule has 118 valence electrons. The summed E-state index contributed by atoms with van der Waals surface area (Å²) in [4.78, 5) is 12.1. The summed E-state index contributed by atoms with van der Waals surface area (Å²) in [5.41, 5.74) is 0. The number of thioether (sulfide) groups is 1. The number of nitrogens with zero attached hydrogens (tertiary/aromatic N) is 2. The molecule has 21 heavy (non-hydrogen) atoms. The Morgan fingerprint density at radius 1 is 1.38 bits per heavy atom. The van der Waals surface area contributed by atoms with E-state index in [1.807, 2.05) is 6.92 Å². The van der Waals surface area contributed by atoms with Crippen molar-refractivity contribution in [2.45, 2.75) is 50.4 Å². The maximum atomic E-state index is 12.1. The third kappa shape index (κ3) is 4.85. The van der Waals surface area contributed by atoms with Crippen molar-refractivity contribution in [3.63, 3.8) is 0 Å². The third-order valence-electron chi connectivity index (χ3n) is 4.11. The fourth-order valence-corrected chi connectivity index (χ4v) is 4.28. The number of nitrogens with one attached hydrogen (secondary N) is 2. The van der Waals surface area contributed by atoms with Gasteiger partial charge in [0.1, 0.15) is 0 Å². The molecule has 0 bridgehead atoms. The molecular weight excluding hydrogens is 304 g/mol. The SMILES string of the molecule is CCNc1nnc(SCC(=O)NC2CCCC(C)C2C)s1. The average molecular weight is 329 g/mol. The second kappa shape index (κ2) is 7.98. The largest absolute Gasteiger partial charge is 0.360 e. The van der Waals surface area contributed by atoms with Gasteiger partial charge in [-0.25, -0.2) is 0 Å². The van der Waals surface area contributed by atoms with E-state index >= 15 is 0 Å². The Bertz CT molecular complexity index is 466.